The van der Waals surface area contributed by atoms with Crippen LogP contribution in [0.4, 0.5) is 0 Å². The lowest BCUT2D eigenvalue weighted by Gasteiger charge is -2.19. The summed E-state index contributed by atoms with van der Waals surface area (Å²) in [5.74, 6) is 1.56. The molecule has 5 nitrogen and oxygen atoms in total. The number of methoxy groups -OCH3 is 1. The number of H-pyrrole nitrogens is 1. The molecule has 0 aliphatic rings. The second-order valence-corrected chi connectivity index (χ2v) is 7.33. The van der Waals surface area contributed by atoms with E-state index in [0.29, 0.717) is 19.6 Å². The number of aromatic nitrogens is 1. The Morgan fingerprint density at radius 3 is 2.45 bits per heavy atom. The Labute approximate surface area is 182 Å². The van der Waals surface area contributed by atoms with E-state index in [4.69, 9.17) is 9.47 Å². The Balaban J connectivity index is 1.46. The Morgan fingerprint density at radius 2 is 1.68 bits per heavy atom. The Hall–Kier alpha value is -3.73. The monoisotopic (exact) mass is 414 g/mol. The quantitative estimate of drug-likeness (QED) is 0.410. The summed E-state index contributed by atoms with van der Waals surface area (Å²) in [5.41, 5.74) is 3.35. The van der Waals surface area contributed by atoms with E-state index in [1.165, 1.54) is 0 Å². The average molecular weight is 415 g/mol. The van der Waals surface area contributed by atoms with Crippen LogP contribution < -0.4 is 14.8 Å². The van der Waals surface area contributed by atoms with Gasteiger partial charge in [0.1, 0.15) is 11.5 Å². The zero-order chi connectivity index (χ0) is 21.5. The molecule has 0 aliphatic heterocycles. The molecule has 4 aromatic rings. The maximum atomic E-state index is 12.5. The van der Waals surface area contributed by atoms with Gasteiger partial charge in [-0.25, -0.2) is 0 Å². The highest BCUT2D eigenvalue weighted by Crippen LogP contribution is 2.31. The van der Waals surface area contributed by atoms with Crippen LogP contribution in [0.15, 0.2) is 85.1 Å². The lowest BCUT2D eigenvalue weighted by Crippen LogP contribution is -2.29. The maximum absolute atomic E-state index is 12.5. The van der Waals surface area contributed by atoms with Gasteiger partial charge in [-0.05, 0) is 41.5 Å². The summed E-state index contributed by atoms with van der Waals surface area (Å²) in [7, 11) is 1.66. The molecule has 1 amide bonds. The molecule has 0 saturated heterocycles. The van der Waals surface area contributed by atoms with Gasteiger partial charge in [-0.1, -0.05) is 48.5 Å². The summed E-state index contributed by atoms with van der Waals surface area (Å²) in [4.78, 5) is 15.8. The molecule has 0 bridgehead atoms. The van der Waals surface area contributed by atoms with Crippen LogP contribution in [0.3, 0.4) is 0 Å². The molecule has 1 aromatic heterocycles. The molecule has 0 fully saturated rings. The predicted octanol–water partition coefficient (Wildman–Crippen LogP) is 4.89. The van der Waals surface area contributed by atoms with Crippen LogP contribution in [0.5, 0.6) is 11.5 Å². The van der Waals surface area contributed by atoms with E-state index in [9.17, 15) is 4.79 Å². The summed E-state index contributed by atoms with van der Waals surface area (Å²) in [6.07, 6.45) is 2.34. The summed E-state index contributed by atoms with van der Waals surface area (Å²) in [6, 6.07) is 25.7. The fourth-order valence-electron chi connectivity index (χ4n) is 3.71. The first-order chi connectivity index (χ1) is 15.2. The third-order valence-electron chi connectivity index (χ3n) is 5.36. The number of aromatic amines is 1. The highest BCUT2D eigenvalue weighted by molar-refractivity contribution is 5.84. The lowest BCUT2D eigenvalue weighted by molar-refractivity contribution is -0.121. The zero-order valence-corrected chi connectivity index (χ0v) is 17.5. The maximum Gasteiger partial charge on any atom is 0.223 e. The van der Waals surface area contributed by atoms with Crippen molar-refractivity contribution >= 4 is 16.8 Å². The normalized spacial score (nSPS) is 11.8. The van der Waals surface area contributed by atoms with Crippen LogP contribution >= 0.6 is 0 Å². The number of carbonyl (C=O) groups is 1. The number of para-hydroxylation sites is 2. The van der Waals surface area contributed by atoms with Crippen molar-refractivity contribution < 1.29 is 14.3 Å². The molecule has 0 radical (unpaired) electrons. The number of benzene rings is 3. The van der Waals surface area contributed by atoms with Crippen molar-refractivity contribution in [1.82, 2.24) is 10.3 Å². The van der Waals surface area contributed by atoms with Crippen LogP contribution in [0.2, 0.25) is 0 Å². The molecule has 0 spiro atoms. The minimum Gasteiger partial charge on any atom is -0.497 e. The Morgan fingerprint density at radius 1 is 0.935 bits per heavy atom. The number of nitrogens with one attached hydrogen (secondary N) is 2. The fraction of sp³-hybridized carbons (Fsp3) is 0.192. The highest BCUT2D eigenvalue weighted by Gasteiger charge is 2.19. The minimum absolute atomic E-state index is 0.0149. The van der Waals surface area contributed by atoms with Crippen LogP contribution in [0.25, 0.3) is 10.9 Å². The average Bonchev–Trinajstić information content (AvgIpc) is 3.24. The van der Waals surface area contributed by atoms with Crippen LogP contribution in [0, 0.1) is 0 Å². The molecule has 2 N–H and O–H groups in total. The third kappa shape index (κ3) is 5.07. The molecule has 5 heteroatoms. The number of hydrogen-bond donors (Lipinski definition) is 2. The molecule has 0 aliphatic carbocycles. The predicted molar refractivity (Wildman–Crippen MR) is 123 cm³/mol. The first kappa shape index (κ1) is 20.5. The van der Waals surface area contributed by atoms with E-state index in [1.807, 2.05) is 60.8 Å². The lowest BCUT2D eigenvalue weighted by atomic mass is 9.90. The number of amides is 1. The second-order valence-electron chi connectivity index (χ2n) is 7.33. The van der Waals surface area contributed by atoms with Crippen LogP contribution in [-0.4, -0.2) is 31.2 Å². The van der Waals surface area contributed by atoms with Gasteiger partial charge in [0.05, 0.1) is 20.1 Å². The minimum atomic E-state index is -0.0331. The smallest absolute Gasteiger partial charge is 0.223 e. The van der Waals surface area contributed by atoms with E-state index in [0.717, 1.165) is 33.5 Å². The van der Waals surface area contributed by atoms with Gasteiger partial charge in [0.25, 0.3) is 0 Å². The number of hydrogen-bond acceptors (Lipinski definition) is 3. The van der Waals surface area contributed by atoms with Crippen molar-refractivity contribution in [1.29, 1.82) is 0 Å². The van der Waals surface area contributed by atoms with Crippen molar-refractivity contribution in [2.24, 2.45) is 0 Å². The van der Waals surface area contributed by atoms with E-state index < -0.39 is 0 Å². The first-order valence-corrected chi connectivity index (χ1v) is 10.4. The van der Waals surface area contributed by atoms with E-state index in [-0.39, 0.29) is 11.8 Å². The van der Waals surface area contributed by atoms with Gasteiger partial charge in [-0.2, -0.15) is 0 Å². The fourth-order valence-corrected chi connectivity index (χ4v) is 3.71. The largest absolute Gasteiger partial charge is 0.497 e. The van der Waals surface area contributed by atoms with Gasteiger partial charge >= 0.3 is 0 Å². The molecular weight excluding hydrogens is 388 g/mol. The summed E-state index contributed by atoms with van der Waals surface area (Å²) < 4.78 is 10.9. The number of carbonyl (C=O) groups excluding carboxylic acids is 1. The van der Waals surface area contributed by atoms with E-state index >= 15 is 0 Å². The molecule has 1 unspecified atom stereocenters. The standard InChI is InChI=1S/C26H26N2O3/c1-30-20-13-11-19(12-14-20)23(24-18-27-25-10-6-5-9-22(24)25)17-28-26(29)15-16-31-21-7-3-2-4-8-21/h2-14,18,23,27H,15-17H2,1H3,(H,28,29). The molecule has 1 heterocycles. The molecule has 3 aromatic carbocycles. The topological polar surface area (TPSA) is 63.4 Å². The molecule has 31 heavy (non-hydrogen) atoms. The summed E-state index contributed by atoms with van der Waals surface area (Å²) in [6.45, 7) is 0.842. The van der Waals surface area contributed by atoms with Crippen molar-refractivity contribution in [2.45, 2.75) is 12.3 Å². The Kier molecular flexibility index (Phi) is 6.53. The number of rotatable bonds is 9. The van der Waals surface area contributed by atoms with Crippen molar-refractivity contribution in [3.8, 4) is 11.5 Å². The van der Waals surface area contributed by atoms with E-state index in [2.05, 4.69) is 34.6 Å². The molecule has 4 rings (SSSR count). The third-order valence-corrected chi connectivity index (χ3v) is 5.36. The SMILES string of the molecule is COc1ccc(C(CNC(=O)CCOc2ccccc2)c2c[nH]c3ccccc23)cc1. The molecule has 0 saturated carbocycles. The zero-order valence-electron chi connectivity index (χ0n) is 17.5. The van der Waals surface area contributed by atoms with Crippen molar-refractivity contribution in [3.05, 3.63) is 96.2 Å². The van der Waals surface area contributed by atoms with E-state index in [1.54, 1.807) is 7.11 Å². The summed E-state index contributed by atoms with van der Waals surface area (Å²) in [5, 5.41) is 4.24. The summed E-state index contributed by atoms with van der Waals surface area (Å²) >= 11 is 0. The van der Waals surface area contributed by atoms with Gasteiger partial charge in [0, 0.05) is 29.6 Å². The van der Waals surface area contributed by atoms with Gasteiger partial charge in [-0.3, -0.25) is 4.79 Å². The first-order valence-electron chi connectivity index (χ1n) is 10.4. The van der Waals surface area contributed by atoms with Gasteiger partial charge in [0.15, 0.2) is 0 Å². The Bertz CT molecular complexity index is 1120. The highest BCUT2D eigenvalue weighted by atomic mass is 16.5. The second kappa shape index (κ2) is 9.85. The molecule has 1 atom stereocenters. The van der Waals surface area contributed by atoms with Gasteiger partial charge in [-0.15, -0.1) is 0 Å². The molecular formula is C26H26N2O3. The van der Waals surface area contributed by atoms with Crippen molar-refractivity contribution in [2.75, 3.05) is 20.3 Å². The molecule has 158 valence electrons. The van der Waals surface area contributed by atoms with Gasteiger partial charge in [0.2, 0.25) is 5.91 Å². The number of ether oxygens (including phenoxy) is 2. The van der Waals surface area contributed by atoms with Gasteiger partial charge < -0.3 is 19.8 Å². The van der Waals surface area contributed by atoms with Crippen LogP contribution in [0.1, 0.15) is 23.5 Å². The number of fused-ring (bicyclic) bond motifs is 1. The van der Waals surface area contributed by atoms with Crippen LogP contribution in [-0.2, 0) is 4.79 Å². The van der Waals surface area contributed by atoms with Crippen molar-refractivity contribution in [3.63, 3.8) is 0 Å².